The van der Waals surface area contributed by atoms with E-state index < -0.39 is 11.3 Å². The molecular weight excluding hydrogens is 532 g/mol. The molecule has 0 bridgehead atoms. The van der Waals surface area contributed by atoms with Gasteiger partial charge in [-0.05, 0) is 50.0 Å². The van der Waals surface area contributed by atoms with Gasteiger partial charge in [0.1, 0.15) is 10.3 Å². The van der Waals surface area contributed by atoms with Crippen LogP contribution in [0.1, 0.15) is 36.4 Å². The highest BCUT2D eigenvalue weighted by Crippen LogP contribution is 2.51. The smallest absolute Gasteiger partial charge is 0.327 e. The molecule has 4 amide bonds. The number of carbonyl (C=O) groups excluding carboxylic acids is 3. The van der Waals surface area contributed by atoms with Gasteiger partial charge in [0.15, 0.2) is 0 Å². The van der Waals surface area contributed by atoms with Crippen molar-refractivity contribution < 1.29 is 19.1 Å². The Morgan fingerprint density at radius 1 is 1.15 bits per heavy atom. The monoisotopic (exact) mass is 558 g/mol. The number of aryl methyl sites for hydroxylation is 1. The molecule has 3 N–H and O–H groups in total. The molecule has 40 heavy (non-hydrogen) atoms. The zero-order chi connectivity index (χ0) is 27.8. The topological polar surface area (TPSA) is 151 Å². The van der Waals surface area contributed by atoms with Crippen LogP contribution in [0.25, 0.3) is 0 Å². The van der Waals surface area contributed by atoms with E-state index in [1.807, 2.05) is 6.92 Å². The minimum Gasteiger partial charge on any atom is -0.419 e. The third-order valence-corrected chi connectivity index (χ3v) is 8.47. The lowest BCUT2D eigenvalue weighted by atomic mass is 9.99. The summed E-state index contributed by atoms with van der Waals surface area (Å²) >= 11 is 1.32. The Balaban J connectivity index is 1.23. The maximum atomic E-state index is 13.5. The molecule has 1 aliphatic carbocycles. The van der Waals surface area contributed by atoms with Gasteiger partial charge in [0.2, 0.25) is 23.6 Å². The number of rotatable bonds is 7. The Morgan fingerprint density at radius 2 is 1.98 bits per heavy atom. The van der Waals surface area contributed by atoms with Gasteiger partial charge in [0.25, 0.3) is 0 Å². The molecule has 3 aromatic rings. The van der Waals surface area contributed by atoms with Crippen molar-refractivity contribution in [3.05, 3.63) is 66.6 Å². The number of nitrogens with one attached hydrogen (secondary N) is 3. The lowest BCUT2D eigenvalue weighted by Gasteiger charge is -2.35. The molecule has 1 fully saturated rings. The van der Waals surface area contributed by atoms with E-state index in [-0.39, 0.29) is 29.9 Å². The summed E-state index contributed by atoms with van der Waals surface area (Å²) in [5, 5.41) is 16.8. The van der Waals surface area contributed by atoms with Crippen LogP contribution < -0.4 is 25.6 Å². The number of aromatic nitrogens is 4. The first kappa shape index (κ1) is 25.7. The Morgan fingerprint density at radius 3 is 2.73 bits per heavy atom. The number of anilines is 2. The van der Waals surface area contributed by atoms with Gasteiger partial charge in [0, 0.05) is 42.2 Å². The number of pyridine rings is 2. The number of urea groups is 1. The molecule has 12 nitrogen and oxygen atoms in total. The van der Waals surface area contributed by atoms with Crippen LogP contribution in [0.4, 0.5) is 16.2 Å². The van der Waals surface area contributed by atoms with Crippen LogP contribution in [0.3, 0.4) is 0 Å². The van der Waals surface area contributed by atoms with Gasteiger partial charge in [0.05, 0.1) is 23.6 Å². The van der Waals surface area contributed by atoms with Crippen molar-refractivity contribution in [3.63, 3.8) is 0 Å². The fraction of sp³-hybridized carbons (Fsp3) is 0.296. The number of amides is 4. The average molecular weight is 559 g/mol. The molecule has 6 rings (SSSR count). The molecule has 2 unspecified atom stereocenters. The molecule has 3 aliphatic rings. The summed E-state index contributed by atoms with van der Waals surface area (Å²) in [5.74, 6) is 0.154. The molecule has 204 valence electrons. The van der Waals surface area contributed by atoms with Crippen molar-refractivity contribution in [2.24, 2.45) is 0 Å². The SMILES string of the molecule is C=CC(=O)N[C@H]1CCC[C@H]1NC(=O)C1Sc2nccc3c2C1NC(=O)N3c1cnc(Oc2cccnn2)cc1C. The number of thioether (sulfide) groups is 1. The van der Waals surface area contributed by atoms with E-state index >= 15 is 0 Å². The fourth-order valence-corrected chi connectivity index (χ4v) is 6.57. The Kier molecular flexibility index (Phi) is 6.80. The summed E-state index contributed by atoms with van der Waals surface area (Å²) in [7, 11) is 0. The molecule has 4 atom stereocenters. The van der Waals surface area contributed by atoms with Gasteiger partial charge >= 0.3 is 6.03 Å². The quantitative estimate of drug-likeness (QED) is 0.372. The molecule has 0 spiro atoms. The summed E-state index contributed by atoms with van der Waals surface area (Å²) in [6.07, 6.45) is 8.41. The first-order chi connectivity index (χ1) is 19.4. The predicted molar refractivity (Wildman–Crippen MR) is 146 cm³/mol. The predicted octanol–water partition coefficient (Wildman–Crippen LogP) is 3.08. The van der Waals surface area contributed by atoms with E-state index in [2.05, 4.69) is 42.7 Å². The lowest BCUT2D eigenvalue weighted by molar-refractivity contribution is -0.122. The zero-order valence-corrected chi connectivity index (χ0v) is 22.4. The highest BCUT2D eigenvalue weighted by molar-refractivity contribution is 8.01. The zero-order valence-electron chi connectivity index (χ0n) is 21.5. The van der Waals surface area contributed by atoms with Crippen molar-refractivity contribution in [1.29, 1.82) is 0 Å². The number of hydrogen-bond acceptors (Lipinski definition) is 9. The molecule has 2 aliphatic heterocycles. The van der Waals surface area contributed by atoms with Crippen molar-refractivity contribution in [2.45, 2.75) is 54.6 Å². The van der Waals surface area contributed by atoms with E-state index in [1.54, 1.807) is 47.8 Å². The maximum absolute atomic E-state index is 13.5. The summed E-state index contributed by atoms with van der Waals surface area (Å²) < 4.78 is 5.68. The highest BCUT2D eigenvalue weighted by Gasteiger charge is 2.47. The van der Waals surface area contributed by atoms with Crippen LogP contribution in [0.2, 0.25) is 0 Å². The average Bonchev–Trinajstić information content (AvgIpc) is 3.55. The Hall–Kier alpha value is -4.52. The highest BCUT2D eigenvalue weighted by atomic mass is 32.2. The van der Waals surface area contributed by atoms with E-state index in [1.165, 1.54) is 17.8 Å². The molecule has 5 heterocycles. The van der Waals surface area contributed by atoms with Gasteiger partial charge in [-0.25, -0.2) is 14.8 Å². The third kappa shape index (κ3) is 4.72. The van der Waals surface area contributed by atoms with Crippen LogP contribution in [-0.2, 0) is 9.59 Å². The van der Waals surface area contributed by atoms with Crippen molar-refractivity contribution in [1.82, 2.24) is 36.1 Å². The summed E-state index contributed by atoms with van der Waals surface area (Å²) in [6, 6.07) is 5.59. The van der Waals surface area contributed by atoms with E-state index in [9.17, 15) is 14.4 Å². The van der Waals surface area contributed by atoms with Crippen molar-refractivity contribution in [3.8, 4) is 11.8 Å². The number of carbonyl (C=O) groups is 3. The third-order valence-electron chi connectivity index (χ3n) is 7.18. The van der Waals surface area contributed by atoms with Gasteiger partial charge in [-0.3, -0.25) is 14.5 Å². The minimum absolute atomic E-state index is 0.162. The molecular formula is C27H26N8O4S. The van der Waals surface area contributed by atoms with E-state index in [0.29, 0.717) is 28.2 Å². The summed E-state index contributed by atoms with van der Waals surface area (Å²) in [5.41, 5.74) is 2.75. The normalized spacial score (nSPS) is 22.7. The maximum Gasteiger partial charge on any atom is 0.327 e. The van der Waals surface area contributed by atoms with E-state index in [4.69, 9.17) is 4.74 Å². The standard InChI is InChI=1S/C27H26N8O4S/c1-3-19(36)31-15-6-4-7-16(15)32-25(37)24-23-22-17(9-11-28-26(22)40-24)35(27(38)33-23)18-13-29-21(12-14(18)2)39-20-8-5-10-30-34-20/h3,5,8-13,15-16,23-24H,1,4,6-7H2,2H3,(H,31,36)(H,32,37)(H,33,38)/t15-,16+,23?,24?/m0/s1. The minimum atomic E-state index is -0.604. The van der Waals surface area contributed by atoms with Crippen LogP contribution in [0.5, 0.6) is 11.8 Å². The Bertz CT molecular complexity index is 1500. The van der Waals surface area contributed by atoms with Gasteiger partial charge in [-0.1, -0.05) is 18.3 Å². The fourth-order valence-electron chi connectivity index (χ4n) is 5.34. The number of ether oxygens (including phenoxy) is 1. The van der Waals surface area contributed by atoms with Crippen LogP contribution in [-0.4, -0.2) is 55.3 Å². The summed E-state index contributed by atoms with van der Waals surface area (Å²) in [4.78, 5) is 49.3. The molecule has 0 aromatic carbocycles. The van der Waals surface area contributed by atoms with Crippen molar-refractivity contribution >= 4 is 41.0 Å². The molecule has 0 radical (unpaired) electrons. The van der Waals surface area contributed by atoms with Crippen LogP contribution in [0, 0.1) is 6.92 Å². The second-order valence-electron chi connectivity index (χ2n) is 9.69. The molecule has 0 saturated heterocycles. The summed E-state index contributed by atoms with van der Waals surface area (Å²) in [6.45, 7) is 5.36. The van der Waals surface area contributed by atoms with Crippen LogP contribution in [0.15, 0.2) is 60.5 Å². The number of nitrogens with zero attached hydrogens (tertiary/aromatic N) is 5. The first-order valence-corrected chi connectivity index (χ1v) is 13.7. The lowest BCUT2D eigenvalue weighted by Crippen LogP contribution is -2.53. The first-order valence-electron chi connectivity index (χ1n) is 12.8. The second-order valence-corrected chi connectivity index (χ2v) is 10.8. The second kappa shape index (κ2) is 10.6. The Labute approximate surface area is 234 Å². The van der Waals surface area contributed by atoms with Crippen LogP contribution >= 0.6 is 11.8 Å². The number of hydrogen-bond donors (Lipinski definition) is 3. The molecule has 1 saturated carbocycles. The molecule has 3 aromatic heterocycles. The van der Waals surface area contributed by atoms with Crippen molar-refractivity contribution in [2.75, 3.05) is 4.90 Å². The van der Waals surface area contributed by atoms with E-state index in [0.717, 1.165) is 30.4 Å². The van der Waals surface area contributed by atoms with Gasteiger partial charge < -0.3 is 20.7 Å². The van der Waals surface area contributed by atoms with Gasteiger partial charge in [-0.15, -0.1) is 5.10 Å². The largest absolute Gasteiger partial charge is 0.419 e. The van der Waals surface area contributed by atoms with Gasteiger partial charge in [-0.2, -0.15) is 5.10 Å². The molecule has 13 heteroatoms.